The average Bonchev–Trinajstić information content (AvgIpc) is 3.25. The van der Waals surface area contributed by atoms with Crippen molar-refractivity contribution in [3.05, 3.63) is 74.5 Å². The number of nitrogens with zero attached hydrogens (tertiary/aromatic N) is 2. The zero-order chi connectivity index (χ0) is 25.1. The van der Waals surface area contributed by atoms with E-state index < -0.39 is 28.3 Å². The number of nitrogens with one attached hydrogen (secondary N) is 1. The number of imide groups is 1. The van der Waals surface area contributed by atoms with E-state index in [0.29, 0.717) is 21.3 Å². The Hall–Kier alpha value is -3.24. The van der Waals surface area contributed by atoms with Crippen LogP contribution in [0.2, 0.25) is 0 Å². The highest BCUT2D eigenvalue weighted by Crippen LogP contribution is 2.54. The molecule has 0 radical (unpaired) electrons. The number of para-hydroxylation sites is 1. The number of anilines is 2. The topological polar surface area (TPSA) is 88.5 Å². The summed E-state index contributed by atoms with van der Waals surface area (Å²) in [5.41, 5.74) is 1.06. The number of hydrogen-bond acceptors (Lipinski definition) is 6. The van der Waals surface area contributed by atoms with Crippen LogP contribution in [0.3, 0.4) is 0 Å². The van der Waals surface area contributed by atoms with Gasteiger partial charge in [0, 0.05) is 16.0 Å². The van der Waals surface area contributed by atoms with Crippen molar-refractivity contribution in [1.82, 2.24) is 4.57 Å². The molecule has 0 aliphatic carbocycles. The third kappa shape index (κ3) is 3.81. The number of thioether (sulfide) groups is 1. The largest absolute Gasteiger partial charge is 0.324 e. The van der Waals surface area contributed by atoms with E-state index in [1.165, 1.54) is 28.8 Å². The fourth-order valence-electron chi connectivity index (χ4n) is 4.66. The molecule has 3 heterocycles. The van der Waals surface area contributed by atoms with E-state index in [1.807, 2.05) is 39.0 Å². The van der Waals surface area contributed by atoms with Crippen LogP contribution in [-0.4, -0.2) is 27.5 Å². The van der Waals surface area contributed by atoms with Gasteiger partial charge in [-0.1, -0.05) is 55.1 Å². The second-order valence-corrected chi connectivity index (χ2v) is 11.3. The number of fused-ring (bicyclic) bond motifs is 2. The zero-order valence-electron chi connectivity index (χ0n) is 19.2. The van der Waals surface area contributed by atoms with Crippen molar-refractivity contribution in [2.45, 2.75) is 43.0 Å². The van der Waals surface area contributed by atoms with E-state index in [1.54, 1.807) is 6.07 Å². The normalized spacial score (nSPS) is 20.5. The molecule has 10 heteroatoms. The second kappa shape index (κ2) is 8.46. The van der Waals surface area contributed by atoms with E-state index in [4.69, 9.17) is 0 Å². The van der Waals surface area contributed by atoms with E-state index >= 15 is 0 Å². The number of hydrogen-bond donors (Lipinski definition) is 1. The summed E-state index contributed by atoms with van der Waals surface area (Å²) < 4.78 is 14.8. The van der Waals surface area contributed by atoms with Gasteiger partial charge >= 0.3 is 4.87 Å². The average molecular weight is 512 g/mol. The van der Waals surface area contributed by atoms with Crippen molar-refractivity contribution in [2.24, 2.45) is 5.92 Å². The number of amides is 3. The summed E-state index contributed by atoms with van der Waals surface area (Å²) in [4.78, 5) is 54.0. The van der Waals surface area contributed by atoms with Crippen LogP contribution in [0.25, 0.3) is 0 Å². The molecule has 5 rings (SSSR count). The van der Waals surface area contributed by atoms with Crippen molar-refractivity contribution in [3.8, 4) is 0 Å². The van der Waals surface area contributed by atoms with Gasteiger partial charge in [-0.15, -0.1) is 0 Å². The van der Waals surface area contributed by atoms with Crippen LogP contribution in [0.1, 0.15) is 24.3 Å². The first kappa shape index (κ1) is 23.5. The summed E-state index contributed by atoms with van der Waals surface area (Å²) in [6.45, 7) is 5.36. The summed E-state index contributed by atoms with van der Waals surface area (Å²) in [6.07, 6.45) is 0. The minimum atomic E-state index is -0.811. The second-order valence-electron chi connectivity index (χ2n) is 9.18. The Labute approximate surface area is 208 Å². The number of rotatable bonds is 4. The van der Waals surface area contributed by atoms with Crippen molar-refractivity contribution in [3.63, 3.8) is 0 Å². The molecule has 180 valence electrons. The van der Waals surface area contributed by atoms with Crippen molar-refractivity contribution >= 4 is 52.2 Å². The lowest BCUT2D eigenvalue weighted by molar-refractivity contribution is -0.123. The monoisotopic (exact) mass is 511 g/mol. The first-order valence-corrected chi connectivity index (χ1v) is 12.7. The summed E-state index contributed by atoms with van der Waals surface area (Å²) in [6, 6.07) is 12.6. The molecular weight excluding hydrogens is 489 g/mol. The lowest BCUT2D eigenvalue weighted by atomic mass is 9.76. The standard InChI is InChI=1S/C25H22FN3O4S2/c1-13-6-4-5-7-16(13)27-17(30)12-28-23-20(35-24(28)33)25(2,3)18-19(34-23)22(32)29(21(18)31)15-10-8-14(26)9-11-15/h4-11,18-19H,12H2,1-3H3,(H,27,30)/t18-,19+/m1/s1. The molecular formula is C25H22FN3O4S2. The summed E-state index contributed by atoms with van der Waals surface area (Å²) >= 11 is 2.15. The van der Waals surface area contributed by atoms with Gasteiger partial charge in [0.15, 0.2) is 0 Å². The smallest absolute Gasteiger partial charge is 0.308 e. The Bertz CT molecular complexity index is 1430. The van der Waals surface area contributed by atoms with Gasteiger partial charge in [0.25, 0.3) is 0 Å². The maximum Gasteiger partial charge on any atom is 0.308 e. The number of aryl methyl sites for hydroxylation is 1. The van der Waals surface area contributed by atoms with Crippen LogP contribution >= 0.6 is 23.1 Å². The highest BCUT2D eigenvalue weighted by Gasteiger charge is 2.59. The molecule has 1 aromatic heterocycles. The zero-order valence-corrected chi connectivity index (χ0v) is 20.8. The maximum atomic E-state index is 13.4. The number of benzene rings is 2. The third-order valence-electron chi connectivity index (χ3n) is 6.51. The minimum Gasteiger partial charge on any atom is -0.324 e. The molecule has 3 aromatic rings. The van der Waals surface area contributed by atoms with Gasteiger partial charge < -0.3 is 5.32 Å². The Kier molecular flexibility index (Phi) is 5.68. The molecule has 2 aliphatic heterocycles. The predicted molar refractivity (Wildman–Crippen MR) is 133 cm³/mol. The molecule has 0 saturated carbocycles. The molecule has 0 unspecified atom stereocenters. The highest BCUT2D eigenvalue weighted by atomic mass is 32.2. The number of thiazole rings is 1. The van der Waals surface area contributed by atoms with E-state index in [2.05, 4.69) is 5.32 Å². The lowest BCUT2D eigenvalue weighted by Crippen LogP contribution is -2.41. The molecule has 7 nitrogen and oxygen atoms in total. The number of carbonyl (C=O) groups is 3. The molecule has 1 N–H and O–H groups in total. The van der Waals surface area contributed by atoms with Gasteiger partial charge in [-0.2, -0.15) is 0 Å². The highest BCUT2D eigenvalue weighted by molar-refractivity contribution is 8.00. The summed E-state index contributed by atoms with van der Waals surface area (Å²) in [5, 5.41) is 2.62. The van der Waals surface area contributed by atoms with Crippen LogP contribution in [0.5, 0.6) is 0 Å². The first-order valence-electron chi connectivity index (χ1n) is 11.0. The van der Waals surface area contributed by atoms with Crippen LogP contribution in [-0.2, 0) is 26.3 Å². The van der Waals surface area contributed by atoms with Crippen LogP contribution < -0.4 is 15.1 Å². The molecule has 1 saturated heterocycles. The van der Waals surface area contributed by atoms with Gasteiger partial charge in [-0.3, -0.25) is 23.7 Å². The van der Waals surface area contributed by atoms with E-state index in [-0.39, 0.29) is 23.2 Å². The lowest BCUT2D eigenvalue weighted by Gasteiger charge is -2.36. The van der Waals surface area contributed by atoms with Gasteiger partial charge in [-0.05, 0) is 42.8 Å². The quantitative estimate of drug-likeness (QED) is 0.536. The number of carbonyl (C=O) groups excluding carboxylic acids is 3. The molecule has 2 atom stereocenters. The Morgan fingerprint density at radius 2 is 1.74 bits per heavy atom. The summed E-state index contributed by atoms with van der Waals surface area (Å²) in [7, 11) is 0. The molecule has 0 spiro atoms. The minimum absolute atomic E-state index is 0.205. The molecule has 0 bridgehead atoms. The van der Waals surface area contributed by atoms with Crippen LogP contribution in [0.15, 0.2) is 58.4 Å². The van der Waals surface area contributed by atoms with Crippen molar-refractivity contribution in [2.75, 3.05) is 10.2 Å². The predicted octanol–water partition coefficient (Wildman–Crippen LogP) is 3.94. The Morgan fingerprint density at radius 3 is 2.43 bits per heavy atom. The molecule has 2 aliphatic rings. The molecule has 35 heavy (non-hydrogen) atoms. The van der Waals surface area contributed by atoms with E-state index in [9.17, 15) is 23.6 Å². The molecule has 2 aromatic carbocycles. The Morgan fingerprint density at radius 1 is 1.06 bits per heavy atom. The first-order chi connectivity index (χ1) is 16.6. The molecule has 1 fully saturated rings. The van der Waals surface area contributed by atoms with Gasteiger partial charge in [0.1, 0.15) is 17.6 Å². The summed E-state index contributed by atoms with van der Waals surface area (Å²) in [5.74, 6) is -2.30. The third-order valence-corrected chi connectivity index (χ3v) is 9.33. The van der Waals surface area contributed by atoms with Gasteiger partial charge in [-0.25, -0.2) is 9.29 Å². The van der Waals surface area contributed by atoms with Gasteiger partial charge in [0.2, 0.25) is 17.7 Å². The SMILES string of the molecule is Cc1ccccc1NC(=O)Cn1c2c(sc1=O)C(C)(C)[C@H]1C(=O)N(c3ccc(F)cc3)C(=O)[C@H]1S2. The molecule has 3 amide bonds. The Balaban J connectivity index is 1.48. The number of halogens is 1. The fourth-order valence-corrected chi connectivity index (χ4v) is 7.70. The van der Waals surface area contributed by atoms with Crippen molar-refractivity contribution in [1.29, 1.82) is 0 Å². The number of aromatic nitrogens is 1. The van der Waals surface area contributed by atoms with Crippen molar-refractivity contribution < 1.29 is 18.8 Å². The fraction of sp³-hybridized carbons (Fsp3) is 0.280. The van der Waals surface area contributed by atoms with Crippen LogP contribution in [0.4, 0.5) is 15.8 Å². The van der Waals surface area contributed by atoms with Crippen LogP contribution in [0, 0.1) is 18.7 Å². The van der Waals surface area contributed by atoms with E-state index in [0.717, 1.165) is 33.6 Å². The van der Waals surface area contributed by atoms with Gasteiger partial charge in [0.05, 0.1) is 16.6 Å². The maximum absolute atomic E-state index is 13.4.